The third kappa shape index (κ3) is 4.22. The minimum absolute atomic E-state index is 0.0667. The Labute approximate surface area is 193 Å². The standard InChI is InChI=1S/C23H17Cl3N2O3/c24-14-3-1-2-13(8-14)11-23(18-7-5-16(26)10-20(18)28-22(23)31)12-27-19-9-15(25)4-6-17(19)21(29)30/h1-10,27H,11-12H2,(H,28,31)(H,29,30). The van der Waals surface area contributed by atoms with Gasteiger partial charge in [-0.05, 0) is 60.0 Å². The first kappa shape index (κ1) is 21.5. The molecule has 31 heavy (non-hydrogen) atoms. The second kappa shape index (κ2) is 8.42. The second-order valence-electron chi connectivity index (χ2n) is 7.38. The van der Waals surface area contributed by atoms with Crippen molar-refractivity contribution in [3.8, 4) is 0 Å². The number of carbonyl (C=O) groups excluding carboxylic acids is 1. The van der Waals surface area contributed by atoms with Gasteiger partial charge in [0.25, 0.3) is 0 Å². The molecule has 4 rings (SSSR count). The van der Waals surface area contributed by atoms with Crippen molar-refractivity contribution >= 4 is 58.1 Å². The minimum Gasteiger partial charge on any atom is -0.478 e. The average Bonchev–Trinajstić information content (AvgIpc) is 2.97. The first-order chi connectivity index (χ1) is 14.8. The predicted octanol–water partition coefficient (Wildman–Crippen LogP) is 5.89. The Hall–Kier alpha value is -2.73. The van der Waals surface area contributed by atoms with Gasteiger partial charge in [0.1, 0.15) is 0 Å². The summed E-state index contributed by atoms with van der Waals surface area (Å²) in [7, 11) is 0. The van der Waals surface area contributed by atoms with Crippen LogP contribution in [0.25, 0.3) is 0 Å². The maximum Gasteiger partial charge on any atom is 0.337 e. The summed E-state index contributed by atoms with van der Waals surface area (Å²) in [4.78, 5) is 24.9. The number of carbonyl (C=O) groups is 2. The van der Waals surface area contributed by atoms with Crippen LogP contribution in [0.4, 0.5) is 11.4 Å². The van der Waals surface area contributed by atoms with E-state index in [9.17, 15) is 14.7 Å². The lowest BCUT2D eigenvalue weighted by Gasteiger charge is -2.29. The summed E-state index contributed by atoms with van der Waals surface area (Å²) in [6.45, 7) is 0.139. The molecule has 1 aliphatic heterocycles. The molecule has 1 aliphatic rings. The Morgan fingerprint density at radius 2 is 1.68 bits per heavy atom. The third-order valence-corrected chi connectivity index (χ3v) is 6.07. The van der Waals surface area contributed by atoms with Crippen LogP contribution < -0.4 is 10.6 Å². The Balaban J connectivity index is 1.77. The van der Waals surface area contributed by atoms with Gasteiger partial charge in [-0.15, -0.1) is 0 Å². The largest absolute Gasteiger partial charge is 0.478 e. The van der Waals surface area contributed by atoms with E-state index >= 15 is 0 Å². The molecule has 0 radical (unpaired) electrons. The van der Waals surface area contributed by atoms with Gasteiger partial charge in [-0.1, -0.05) is 53.0 Å². The summed E-state index contributed by atoms with van der Waals surface area (Å²) in [6.07, 6.45) is 0.351. The lowest BCUT2D eigenvalue weighted by molar-refractivity contribution is -0.120. The molecular weight excluding hydrogens is 459 g/mol. The number of fused-ring (bicyclic) bond motifs is 1. The molecule has 3 N–H and O–H groups in total. The molecule has 0 saturated carbocycles. The summed E-state index contributed by atoms with van der Waals surface area (Å²) >= 11 is 18.4. The molecule has 0 spiro atoms. The van der Waals surface area contributed by atoms with E-state index in [4.69, 9.17) is 34.8 Å². The molecule has 8 heteroatoms. The molecule has 0 saturated heterocycles. The number of hydrogen-bond acceptors (Lipinski definition) is 3. The van der Waals surface area contributed by atoms with Crippen LogP contribution in [0, 0.1) is 0 Å². The molecule has 3 aromatic rings. The number of benzene rings is 3. The van der Waals surface area contributed by atoms with Gasteiger partial charge >= 0.3 is 5.97 Å². The van der Waals surface area contributed by atoms with Crippen LogP contribution >= 0.6 is 34.8 Å². The molecule has 158 valence electrons. The van der Waals surface area contributed by atoms with Crippen LogP contribution in [-0.2, 0) is 16.6 Å². The molecule has 1 amide bonds. The smallest absolute Gasteiger partial charge is 0.337 e. The maximum atomic E-state index is 13.3. The topological polar surface area (TPSA) is 78.4 Å². The number of amides is 1. The minimum atomic E-state index is -1.09. The van der Waals surface area contributed by atoms with E-state index in [-0.39, 0.29) is 18.0 Å². The van der Waals surface area contributed by atoms with E-state index in [1.54, 1.807) is 18.2 Å². The fraction of sp³-hybridized carbons (Fsp3) is 0.130. The molecule has 3 aromatic carbocycles. The highest BCUT2D eigenvalue weighted by Gasteiger charge is 2.47. The average molecular weight is 476 g/mol. The third-order valence-electron chi connectivity index (χ3n) is 5.37. The van der Waals surface area contributed by atoms with E-state index in [1.165, 1.54) is 18.2 Å². The number of carboxylic acids is 1. The number of hydrogen-bond donors (Lipinski definition) is 3. The Bertz CT molecular complexity index is 1200. The van der Waals surface area contributed by atoms with Crippen LogP contribution in [0.15, 0.2) is 60.7 Å². The quantitative estimate of drug-likeness (QED) is 0.415. The molecular formula is C23H17Cl3N2O3. The zero-order valence-electron chi connectivity index (χ0n) is 16.1. The normalized spacial score (nSPS) is 17.2. The first-order valence-electron chi connectivity index (χ1n) is 9.41. The Morgan fingerprint density at radius 1 is 0.968 bits per heavy atom. The van der Waals surface area contributed by atoms with Crippen molar-refractivity contribution in [2.45, 2.75) is 11.8 Å². The van der Waals surface area contributed by atoms with E-state index in [2.05, 4.69) is 10.6 Å². The van der Waals surface area contributed by atoms with E-state index in [1.807, 2.05) is 24.3 Å². The van der Waals surface area contributed by atoms with Gasteiger partial charge in [-0.3, -0.25) is 4.79 Å². The van der Waals surface area contributed by atoms with Crippen molar-refractivity contribution in [3.63, 3.8) is 0 Å². The monoisotopic (exact) mass is 474 g/mol. The van der Waals surface area contributed by atoms with Gasteiger partial charge in [-0.25, -0.2) is 4.79 Å². The Kier molecular flexibility index (Phi) is 5.84. The lowest BCUT2D eigenvalue weighted by atomic mass is 9.76. The number of aromatic carboxylic acids is 1. The highest BCUT2D eigenvalue weighted by molar-refractivity contribution is 6.31. The van der Waals surface area contributed by atoms with E-state index in [0.717, 1.165) is 11.1 Å². The van der Waals surface area contributed by atoms with Crippen LogP contribution in [0.1, 0.15) is 21.5 Å². The summed E-state index contributed by atoms with van der Waals surface area (Å²) in [5.74, 6) is -1.30. The number of rotatable bonds is 6. The van der Waals surface area contributed by atoms with Gasteiger partial charge in [0.2, 0.25) is 5.91 Å². The molecule has 0 bridgehead atoms. The Morgan fingerprint density at radius 3 is 2.42 bits per heavy atom. The zero-order chi connectivity index (χ0) is 22.2. The van der Waals surface area contributed by atoms with Crippen molar-refractivity contribution in [2.75, 3.05) is 17.2 Å². The predicted molar refractivity (Wildman–Crippen MR) is 124 cm³/mol. The first-order valence-corrected chi connectivity index (χ1v) is 10.5. The highest BCUT2D eigenvalue weighted by atomic mass is 35.5. The van der Waals surface area contributed by atoms with E-state index < -0.39 is 11.4 Å². The number of nitrogens with one attached hydrogen (secondary N) is 2. The maximum absolute atomic E-state index is 13.3. The number of halogens is 3. The fourth-order valence-corrected chi connectivity index (χ4v) is 4.46. The van der Waals surface area contributed by atoms with Gasteiger partial charge in [0.05, 0.1) is 16.7 Å². The molecule has 0 fully saturated rings. The van der Waals surface area contributed by atoms with Gasteiger partial charge in [0.15, 0.2) is 0 Å². The highest BCUT2D eigenvalue weighted by Crippen LogP contribution is 2.42. The summed E-state index contributed by atoms with van der Waals surface area (Å²) in [5.41, 5.74) is 1.66. The molecule has 1 heterocycles. The van der Waals surface area contributed by atoms with Gasteiger partial charge in [0, 0.05) is 27.3 Å². The van der Waals surface area contributed by atoms with Crippen LogP contribution in [0.2, 0.25) is 15.1 Å². The van der Waals surface area contributed by atoms with Gasteiger partial charge < -0.3 is 15.7 Å². The molecule has 1 unspecified atom stereocenters. The van der Waals surface area contributed by atoms with Crippen molar-refractivity contribution in [1.82, 2.24) is 0 Å². The fourth-order valence-electron chi connectivity index (χ4n) is 3.91. The van der Waals surface area contributed by atoms with Crippen molar-refractivity contribution in [3.05, 3.63) is 92.4 Å². The lowest BCUT2D eigenvalue weighted by Crippen LogP contribution is -2.43. The summed E-state index contributed by atoms with van der Waals surface area (Å²) in [5, 5.41) is 17.0. The second-order valence-corrected chi connectivity index (χ2v) is 8.69. The molecule has 0 aromatic heterocycles. The molecule has 5 nitrogen and oxygen atoms in total. The van der Waals surface area contributed by atoms with Crippen molar-refractivity contribution in [1.29, 1.82) is 0 Å². The van der Waals surface area contributed by atoms with Crippen LogP contribution in [0.5, 0.6) is 0 Å². The van der Waals surface area contributed by atoms with Crippen LogP contribution in [0.3, 0.4) is 0 Å². The van der Waals surface area contributed by atoms with Crippen molar-refractivity contribution in [2.24, 2.45) is 0 Å². The zero-order valence-corrected chi connectivity index (χ0v) is 18.4. The summed E-state index contributed by atoms with van der Waals surface area (Å²) < 4.78 is 0. The number of carboxylic acid groups (broad SMARTS) is 1. The SMILES string of the molecule is O=C(O)c1ccc(Cl)cc1NCC1(Cc2cccc(Cl)c2)C(=O)Nc2cc(Cl)ccc21. The molecule has 1 atom stereocenters. The summed E-state index contributed by atoms with van der Waals surface area (Å²) in [6, 6.07) is 17.0. The van der Waals surface area contributed by atoms with Crippen LogP contribution in [-0.4, -0.2) is 23.5 Å². The van der Waals surface area contributed by atoms with Gasteiger partial charge in [-0.2, -0.15) is 0 Å². The number of anilines is 2. The van der Waals surface area contributed by atoms with Crippen molar-refractivity contribution < 1.29 is 14.7 Å². The molecule has 0 aliphatic carbocycles. The van der Waals surface area contributed by atoms with E-state index in [0.29, 0.717) is 32.9 Å².